The fourth-order valence-electron chi connectivity index (χ4n) is 2.52. The van der Waals surface area contributed by atoms with Crippen LogP contribution in [0.4, 0.5) is 11.4 Å². The van der Waals surface area contributed by atoms with Crippen molar-refractivity contribution in [2.75, 3.05) is 6.54 Å². The number of nitro benzene ring substituents is 1. The van der Waals surface area contributed by atoms with Crippen molar-refractivity contribution in [3.05, 3.63) is 68.3 Å². The second-order valence-corrected chi connectivity index (χ2v) is 7.02. The number of amides is 1. The van der Waals surface area contributed by atoms with E-state index in [1.807, 2.05) is 13.8 Å². The molecular formula is C18H15ClN4O3S. The minimum absolute atomic E-state index is 0.00622. The molecule has 0 radical (unpaired) electrons. The molecule has 2 aromatic rings. The number of pyridine rings is 1. The number of benzene rings is 1. The number of aliphatic imine (C=N–C) groups is 1. The van der Waals surface area contributed by atoms with Crippen LogP contribution < -0.4 is 0 Å². The van der Waals surface area contributed by atoms with E-state index in [-0.39, 0.29) is 11.6 Å². The van der Waals surface area contributed by atoms with Gasteiger partial charge in [0.2, 0.25) is 0 Å². The zero-order chi connectivity index (χ0) is 19.6. The lowest BCUT2D eigenvalue weighted by Crippen LogP contribution is -2.28. The van der Waals surface area contributed by atoms with Crippen molar-refractivity contribution in [1.29, 1.82) is 0 Å². The van der Waals surface area contributed by atoms with Crippen molar-refractivity contribution in [2.45, 2.75) is 13.8 Å². The van der Waals surface area contributed by atoms with Crippen LogP contribution >= 0.6 is 23.4 Å². The Morgan fingerprint density at radius 2 is 2.04 bits per heavy atom. The summed E-state index contributed by atoms with van der Waals surface area (Å²) < 4.78 is 0. The normalized spacial score (nSPS) is 17.5. The minimum Gasteiger partial charge on any atom is -0.287 e. The predicted octanol–water partition coefficient (Wildman–Crippen LogP) is 4.66. The van der Waals surface area contributed by atoms with Crippen LogP contribution in [0.3, 0.4) is 0 Å². The van der Waals surface area contributed by atoms with Crippen molar-refractivity contribution < 1.29 is 9.72 Å². The van der Waals surface area contributed by atoms with E-state index in [0.29, 0.717) is 27.3 Å². The van der Waals surface area contributed by atoms with Crippen LogP contribution in [0.5, 0.6) is 0 Å². The Morgan fingerprint density at radius 1 is 1.33 bits per heavy atom. The van der Waals surface area contributed by atoms with Crippen molar-refractivity contribution in [3.63, 3.8) is 0 Å². The van der Waals surface area contributed by atoms with Crippen LogP contribution in [0.2, 0.25) is 5.02 Å². The number of thioether (sulfide) groups is 1. The third-order valence-corrected chi connectivity index (χ3v) is 5.47. The number of carbonyl (C=O) groups excluding carboxylic acids is 1. The van der Waals surface area contributed by atoms with E-state index in [0.717, 1.165) is 11.1 Å². The number of halogens is 1. The number of nitro groups is 1. The summed E-state index contributed by atoms with van der Waals surface area (Å²) in [6.07, 6.45) is 3.08. The molecule has 7 nitrogen and oxygen atoms in total. The Bertz CT molecular complexity index is 973. The highest BCUT2D eigenvalue weighted by Gasteiger charge is 2.34. The molecule has 9 heteroatoms. The van der Waals surface area contributed by atoms with Gasteiger partial charge in [0.15, 0.2) is 5.17 Å². The van der Waals surface area contributed by atoms with Crippen LogP contribution in [0.25, 0.3) is 5.57 Å². The standard InChI is InChI=1S/C18H15ClN4O3S/c1-3-22-17(24)16(11(2)12-4-6-13(7-5-12)23(25)26)27-18(22)21-15-8-9-20-10-14(15)19/h4-10H,3H2,1-2H3/b16-11-,21-18?. The fourth-order valence-corrected chi connectivity index (χ4v) is 3.80. The Labute approximate surface area is 164 Å². The van der Waals surface area contributed by atoms with E-state index in [4.69, 9.17) is 11.6 Å². The van der Waals surface area contributed by atoms with Crippen molar-refractivity contribution in [2.24, 2.45) is 4.99 Å². The van der Waals surface area contributed by atoms with E-state index < -0.39 is 4.92 Å². The van der Waals surface area contributed by atoms with Crippen LogP contribution in [0.15, 0.2) is 52.6 Å². The molecule has 0 spiro atoms. The van der Waals surface area contributed by atoms with E-state index in [1.165, 1.54) is 30.1 Å². The lowest BCUT2D eigenvalue weighted by atomic mass is 10.1. The fraction of sp³-hybridized carbons (Fsp3) is 0.167. The number of hydrogen-bond acceptors (Lipinski definition) is 6. The van der Waals surface area contributed by atoms with E-state index >= 15 is 0 Å². The van der Waals surface area contributed by atoms with Gasteiger partial charge in [-0.25, -0.2) is 4.99 Å². The molecule has 2 heterocycles. The maximum Gasteiger partial charge on any atom is 0.269 e. The van der Waals surface area contributed by atoms with Crippen molar-refractivity contribution in [1.82, 2.24) is 9.88 Å². The first-order valence-electron chi connectivity index (χ1n) is 8.06. The lowest BCUT2D eigenvalue weighted by Gasteiger charge is -2.12. The molecule has 0 saturated carbocycles. The predicted molar refractivity (Wildman–Crippen MR) is 107 cm³/mol. The molecule has 0 bridgehead atoms. The summed E-state index contributed by atoms with van der Waals surface area (Å²) in [7, 11) is 0. The van der Waals surface area contributed by atoms with Gasteiger partial charge in [0, 0.05) is 31.1 Å². The number of amidine groups is 1. The Hall–Kier alpha value is -2.71. The lowest BCUT2D eigenvalue weighted by molar-refractivity contribution is -0.384. The molecule has 1 aromatic carbocycles. The molecule has 0 N–H and O–H groups in total. The molecule has 0 atom stereocenters. The first kappa shape index (κ1) is 19.1. The number of non-ortho nitro benzene ring substituents is 1. The number of likely N-dealkylation sites (N-methyl/N-ethyl adjacent to an activating group) is 1. The zero-order valence-electron chi connectivity index (χ0n) is 14.5. The summed E-state index contributed by atoms with van der Waals surface area (Å²) in [4.78, 5) is 33.7. The third-order valence-electron chi connectivity index (χ3n) is 4.00. The Kier molecular flexibility index (Phi) is 5.57. The van der Waals surface area contributed by atoms with E-state index in [1.54, 1.807) is 29.3 Å². The second-order valence-electron chi connectivity index (χ2n) is 5.63. The Balaban J connectivity index is 1.99. The smallest absolute Gasteiger partial charge is 0.269 e. The molecular weight excluding hydrogens is 388 g/mol. The van der Waals surface area contributed by atoms with Gasteiger partial charge in [0.1, 0.15) is 0 Å². The first-order chi connectivity index (χ1) is 12.9. The minimum atomic E-state index is -0.455. The van der Waals surface area contributed by atoms with Crippen LogP contribution in [-0.4, -0.2) is 32.4 Å². The van der Waals surface area contributed by atoms with Crippen LogP contribution in [-0.2, 0) is 4.79 Å². The monoisotopic (exact) mass is 402 g/mol. The number of hydrogen-bond donors (Lipinski definition) is 0. The third kappa shape index (κ3) is 3.86. The molecule has 3 rings (SSSR count). The molecule has 138 valence electrons. The highest BCUT2D eigenvalue weighted by Crippen LogP contribution is 2.38. The summed E-state index contributed by atoms with van der Waals surface area (Å²) in [6, 6.07) is 7.80. The van der Waals surface area contributed by atoms with Gasteiger partial charge in [-0.15, -0.1) is 0 Å². The maximum absolute atomic E-state index is 12.8. The van der Waals surface area contributed by atoms with Gasteiger partial charge < -0.3 is 0 Å². The molecule has 27 heavy (non-hydrogen) atoms. The van der Waals surface area contributed by atoms with Gasteiger partial charge in [-0.1, -0.05) is 11.6 Å². The largest absolute Gasteiger partial charge is 0.287 e. The summed E-state index contributed by atoms with van der Waals surface area (Å²) in [5.41, 5.74) is 2.03. The molecule has 0 unspecified atom stereocenters. The average Bonchev–Trinajstić information content (AvgIpc) is 2.98. The summed E-state index contributed by atoms with van der Waals surface area (Å²) >= 11 is 7.38. The molecule has 1 fully saturated rings. The topological polar surface area (TPSA) is 88.7 Å². The van der Waals surface area contributed by atoms with Gasteiger partial charge in [-0.2, -0.15) is 0 Å². The van der Waals surface area contributed by atoms with E-state index in [9.17, 15) is 14.9 Å². The van der Waals surface area contributed by atoms with Crippen molar-refractivity contribution in [3.8, 4) is 0 Å². The average molecular weight is 403 g/mol. The Morgan fingerprint density at radius 3 is 2.63 bits per heavy atom. The molecule has 0 aliphatic carbocycles. The molecule has 1 amide bonds. The summed E-state index contributed by atoms with van der Waals surface area (Å²) in [5.74, 6) is -0.151. The zero-order valence-corrected chi connectivity index (χ0v) is 16.1. The summed E-state index contributed by atoms with van der Waals surface area (Å²) in [5, 5.41) is 11.7. The van der Waals surface area contributed by atoms with E-state index in [2.05, 4.69) is 9.98 Å². The molecule has 1 aromatic heterocycles. The molecule has 1 aliphatic heterocycles. The quantitative estimate of drug-likeness (QED) is 0.421. The number of allylic oxidation sites excluding steroid dienone is 1. The van der Waals surface area contributed by atoms with Gasteiger partial charge in [-0.3, -0.25) is 24.8 Å². The number of aromatic nitrogens is 1. The second kappa shape index (κ2) is 7.89. The van der Waals surface area contributed by atoms with Gasteiger partial charge in [-0.05, 0) is 54.9 Å². The molecule has 1 aliphatic rings. The van der Waals surface area contributed by atoms with Gasteiger partial charge in [0.25, 0.3) is 11.6 Å². The highest BCUT2D eigenvalue weighted by atomic mass is 35.5. The van der Waals surface area contributed by atoms with Crippen LogP contribution in [0.1, 0.15) is 19.4 Å². The first-order valence-corrected chi connectivity index (χ1v) is 9.25. The number of carbonyl (C=O) groups is 1. The van der Waals surface area contributed by atoms with Crippen LogP contribution in [0, 0.1) is 10.1 Å². The van der Waals surface area contributed by atoms with Gasteiger partial charge >= 0.3 is 0 Å². The number of rotatable bonds is 4. The van der Waals surface area contributed by atoms with Crippen molar-refractivity contribution >= 4 is 51.4 Å². The summed E-state index contributed by atoms with van der Waals surface area (Å²) in [6.45, 7) is 4.15. The SMILES string of the molecule is CCN1C(=O)/C(=C(\C)c2ccc([N+](=O)[O-])cc2)SC1=Nc1ccncc1Cl. The van der Waals surface area contributed by atoms with Gasteiger partial charge in [0.05, 0.1) is 20.5 Å². The number of nitrogens with zero attached hydrogens (tertiary/aromatic N) is 4. The maximum atomic E-state index is 12.8. The highest BCUT2D eigenvalue weighted by molar-refractivity contribution is 8.18. The molecule has 1 saturated heterocycles.